The van der Waals surface area contributed by atoms with Gasteiger partial charge >= 0.3 is 5.97 Å². The highest BCUT2D eigenvalue weighted by molar-refractivity contribution is 7.79. The lowest BCUT2D eigenvalue weighted by Crippen LogP contribution is -2.20. The predicted octanol–water partition coefficient (Wildman–Crippen LogP) is 3.79. The fourth-order valence-corrected chi connectivity index (χ4v) is 4.85. The molecular formula is C22H19O2P. The molecule has 0 aromatic heterocycles. The number of carbonyl (C=O) groups is 1. The SMILES string of the molecule is C=CCOC(=O)c1ccc(P(c2ccccc2)c2ccccc2)cc1. The lowest BCUT2D eigenvalue weighted by molar-refractivity contribution is 0.0550. The van der Waals surface area contributed by atoms with Crippen LogP contribution in [0.5, 0.6) is 0 Å². The highest BCUT2D eigenvalue weighted by Crippen LogP contribution is 2.32. The van der Waals surface area contributed by atoms with E-state index in [9.17, 15) is 4.79 Å². The van der Waals surface area contributed by atoms with Gasteiger partial charge in [-0.15, -0.1) is 0 Å². The lowest BCUT2D eigenvalue weighted by atomic mass is 10.2. The fourth-order valence-electron chi connectivity index (χ4n) is 2.57. The standard InChI is InChI=1S/C22H19O2P/c1-2-17-24-22(23)18-13-15-21(16-14-18)25(19-9-5-3-6-10-19)20-11-7-4-8-12-20/h2-16H,1,17H2. The number of hydrogen-bond donors (Lipinski definition) is 0. The van der Waals surface area contributed by atoms with Crippen LogP contribution in [0.1, 0.15) is 10.4 Å². The van der Waals surface area contributed by atoms with Gasteiger partial charge in [0.25, 0.3) is 0 Å². The minimum absolute atomic E-state index is 0.224. The van der Waals surface area contributed by atoms with Gasteiger partial charge in [-0.3, -0.25) is 0 Å². The van der Waals surface area contributed by atoms with Crippen LogP contribution in [0.25, 0.3) is 0 Å². The second-order valence-electron chi connectivity index (χ2n) is 5.44. The van der Waals surface area contributed by atoms with Crippen molar-refractivity contribution in [2.45, 2.75) is 0 Å². The molecule has 0 fully saturated rings. The summed E-state index contributed by atoms with van der Waals surface area (Å²) in [6.07, 6.45) is 1.57. The maximum Gasteiger partial charge on any atom is 0.338 e. The molecule has 0 radical (unpaired) electrons. The molecule has 0 saturated heterocycles. The summed E-state index contributed by atoms with van der Waals surface area (Å²) in [4.78, 5) is 12.0. The molecule has 0 N–H and O–H groups in total. The number of esters is 1. The summed E-state index contributed by atoms with van der Waals surface area (Å²) in [5.74, 6) is -0.324. The van der Waals surface area contributed by atoms with Crippen molar-refractivity contribution in [3.63, 3.8) is 0 Å². The van der Waals surface area contributed by atoms with Crippen LogP contribution in [0.4, 0.5) is 0 Å². The maximum absolute atomic E-state index is 12.0. The van der Waals surface area contributed by atoms with Gasteiger partial charge in [0.2, 0.25) is 0 Å². The van der Waals surface area contributed by atoms with E-state index in [2.05, 4.69) is 55.1 Å². The van der Waals surface area contributed by atoms with Gasteiger partial charge in [0.05, 0.1) is 5.56 Å². The number of benzene rings is 3. The van der Waals surface area contributed by atoms with Crippen LogP contribution in [-0.2, 0) is 4.74 Å². The Labute approximate surface area is 149 Å². The van der Waals surface area contributed by atoms with Crippen LogP contribution in [0.2, 0.25) is 0 Å². The van der Waals surface area contributed by atoms with Crippen LogP contribution in [-0.4, -0.2) is 12.6 Å². The van der Waals surface area contributed by atoms with Crippen molar-refractivity contribution in [1.82, 2.24) is 0 Å². The van der Waals surface area contributed by atoms with E-state index in [1.807, 2.05) is 36.4 Å². The topological polar surface area (TPSA) is 26.3 Å². The second-order valence-corrected chi connectivity index (χ2v) is 7.66. The molecule has 0 aliphatic rings. The van der Waals surface area contributed by atoms with E-state index < -0.39 is 7.92 Å². The molecule has 0 amide bonds. The lowest BCUT2D eigenvalue weighted by Gasteiger charge is -2.19. The van der Waals surface area contributed by atoms with Gasteiger partial charge in [0.1, 0.15) is 6.61 Å². The van der Waals surface area contributed by atoms with Gasteiger partial charge in [0.15, 0.2) is 0 Å². The number of hydrogen-bond acceptors (Lipinski definition) is 2. The second kappa shape index (κ2) is 8.41. The monoisotopic (exact) mass is 346 g/mol. The van der Waals surface area contributed by atoms with Crippen molar-refractivity contribution in [3.8, 4) is 0 Å². The largest absolute Gasteiger partial charge is 0.458 e. The Bertz CT molecular complexity index is 787. The third-order valence-electron chi connectivity index (χ3n) is 3.72. The van der Waals surface area contributed by atoms with Crippen molar-refractivity contribution >= 4 is 29.8 Å². The summed E-state index contributed by atoms with van der Waals surface area (Å²) in [7, 11) is -0.657. The van der Waals surface area contributed by atoms with E-state index in [4.69, 9.17) is 4.74 Å². The summed E-state index contributed by atoms with van der Waals surface area (Å²) in [5.41, 5.74) is 0.557. The molecular weight excluding hydrogens is 327 g/mol. The van der Waals surface area contributed by atoms with E-state index >= 15 is 0 Å². The average molecular weight is 346 g/mol. The molecule has 0 heterocycles. The summed E-state index contributed by atoms with van der Waals surface area (Å²) >= 11 is 0. The number of carbonyl (C=O) groups excluding carboxylic acids is 1. The zero-order valence-corrected chi connectivity index (χ0v) is 14.7. The van der Waals surface area contributed by atoms with E-state index in [0.29, 0.717) is 5.56 Å². The van der Waals surface area contributed by atoms with Gasteiger partial charge in [-0.2, -0.15) is 0 Å². The molecule has 3 heteroatoms. The van der Waals surface area contributed by atoms with Crippen LogP contribution < -0.4 is 15.9 Å². The third kappa shape index (κ3) is 4.23. The first kappa shape index (κ1) is 17.1. The zero-order valence-electron chi connectivity index (χ0n) is 13.8. The van der Waals surface area contributed by atoms with Crippen LogP contribution in [0.3, 0.4) is 0 Å². The Balaban J connectivity index is 1.94. The summed E-state index contributed by atoms with van der Waals surface area (Å²) in [6.45, 7) is 3.78. The van der Waals surface area contributed by atoms with E-state index in [0.717, 1.165) is 0 Å². The Hall–Kier alpha value is -2.70. The molecule has 25 heavy (non-hydrogen) atoms. The minimum atomic E-state index is -0.657. The normalized spacial score (nSPS) is 10.4. The molecule has 0 bridgehead atoms. The number of rotatable bonds is 6. The molecule has 0 aliphatic heterocycles. The predicted molar refractivity (Wildman–Crippen MR) is 106 cm³/mol. The Morgan fingerprint density at radius 1 is 0.800 bits per heavy atom. The van der Waals surface area contributed by atoms with Gasteiger partial charge in [0, 0.05) is 0 Å². The first-order valence-corrected chi connectivity index (χ1v) is 9.42. The average Bonchev–Trinajstić information content (AvgIpc) is 2.68. The molecule has 0 aliphatic carbocycles. The Morgan fingerprint density at radius 3 is 1.76 bits per heavy atom. The Kier molecular flexibility index (Phi) is 5.77. The summed E-state index contributed by atoms with van der Waals surface area (Å²) in [6, 6.07) is 28.7. The van der Waals surface area contributed by atoms with Crippen molar-refractivity contribution < 1.29 is 9.53 Å². The third-order valence-corrected chi connectivity index (χ3v) is 6.17. The summed E-state index contributed by atoms with van der Waals surface area (Å²) in [5, 5.41) is 3.77. The summed E-state index contributed by atoms with van der Waals surface area (Å²) < 4.78 is 5.10. The van der Waals surface area contributed by atoms with E-state index in [1.165, 1.54) is 15.9 Å². The van der Waals surface area contributed by atoms with E-state index in [1.54, 1.807) is 6.08 Å². The molecule has 2 nitrogen and oxygen atoms in total. The molecule has 124 valence electrons. The van der Waals surface area contributed by atoms with Crippen molar-refractivity contribution in [1.29, 1.82) is 0 Å². The van der Waals surface area contributed by atoms with Crippen molar-refractivity contribution in [2.75, 3.05) is 6.61 Å². The van der Waals surface area contributed by atoms with Gasteiger partial charge in [-0.05, 0) is 36.0 Å². The van der Waals surface area contributed by atoms with Crippen molar-refractivity contribution in [3.05, 3.63) is 103 Å². The van der Waals surface area contributed by atoms with Gasteiger partial charge < -0.3 is 4.74 Å². The molecule has 0 spiro atoms. The maximum atomic E-state index is 12.0. The molecule has 3 rings (SSSR count). The molecule has 0 unspecified atom stereocenters. The van der Waals surface area contributed by atoms with Crippen LogP contribution in [0, 0.1) is 0 Å². The molecule has 0 saturated carbocycles. The fraction of sp³-hybridized carbons (Fsp3) is 0.0455. The quantitative estimate of drug-likeness (QED) is 0.386. The zero-order chi connectivity index (χ0) is 17.5. The first-order chi connectivity index (χ1) is 12.3. The minimum Gasteiger partial charge on any atom is -0.458 e. The van der Waals surface area contributed by atoms with Gasteiger partial charge in [-0.1, -0.05) is 85.5 Å². The highest BCUT2D eigenvalue weighted by Gasteiger charge is 2.16. The highest BCUT2D eigenvalue weighted by atomic mass is 31.1. The van der Waals surface area contributed by atoms with Crippen LogP contribution >= 0.6 is 7.92 Å². The molecule has 3 aromatic carbocycles. The van der Waals surface area contributed by atoms with Crippen LogP contribution in [0.15, 0.2) is 97.6 Å². The first-order valence-electron chi connectivity index (χ1n) is 8.08. The molecule has 0 atom stereocenters. The number of ether oxygens (including phenoxy) is 1. The van der Waals surface area contributed by atoms with Gasteiger partial charge in [-0.25, -0.2) is 4.79 Å². The van der Waals surface area contributed by atoms with Crippen molar-refractivity contribution in [2.24, 2.45) is 0 Å². The van der Waals surface area contributed by atoms with E-state index in [-0.39, 0.29) is 12.6 Å². The molecule has 3 aromatic rings. The smallest absolute Gasteiger partial charge is 0.338 e. The Morgan fingerprint density at radius 2 is 1.28 bits per heavy atom.